The molecule has 0 aliphatic rings. The zero-order valence-electron chi connectivity index (χ0n) is 14.8. The van der Waals surface area contributed by atoms with Gasteiger partial charge < -0.3 is 9.88 Å². The van der Waals surface area contributed by atoms with Crippen molar-refractivity contribution in [1.82, 2.24) is 20.2 Å². The number of rotatable bonds is 8. The van der Waals surface area contributed by atoms with Gasteiger partial charge in [-0.3, -0.25) is 10.1 Å². The fourth-order valence-corrected chi connectivity index (χ4v) is 3.79. The fraction of sp³-hybridized carbons (Fsp3) is 0.471. The number of thioether (sulfide) groups is 1. The number of imide groups is 1. The smallest absolute Gasteiger partial charge is 0.321 e. The number of hydrogen-bond donors (Lipinski definition) is 2. The average Bonchev–Trinajstić information content (AvgIpc) is 3.19. The van der Waals surface area contributed by atoms with E-state index in [4.69, 9.17) is 0 Å². The number of aromatic nitrogens is 2. The van der Waals surface area contributed by atoms with Crippen molar-refractivity contribution in [2.45, 2.75) is 51.9 Å². The van der Waals surface area contributed by atoms with Crippen molar-refractivity contribution < 1.29 is 9.59 Å². The van der Waals surface area contributed by atoms with E-state index in [1.165, 1.54) is 11.8 Å². The van der Waals surface area contributed by atoms with E-state index < -0.39 is 6.03 Å². The predicted octanol–water partition coefficient (Wildman–Crippen LogP) is 3.48. The first-order valence-corrected chi connectivity index (χ1v) is 10.1. The third-order valence-electron chi connectivity index (χ3n) is 3.75. The number of unbranched alkanes of at least 4 members (excludes halogenated alkanes) is 1. The average molecular weight is 381 g/mol. The van der Waals surface area contributed by atoms with Gasteiger partial charge in [-0.25, -0.2) is 9.78 Å². The van der Waals surface area contributed by atoms with Crippen LogP contribution in [0.2, 0.25) is 0 Å². The highest BCUT2D eigenvalue weighted by Gasteiger charge is 2.14. The lowest BCUT2D eigenvalue weighted by atomic mass is 10.3. The maximum Gasteiger partial charge on any atom is 0.321 e. The van der Waals surface area contributed by atoms with E-state index in [2.05, 4.69) is 27.1 Å². The SMILES string of the molecule is CCCCn1c(SCC(=O)NC(=O)NCc2cccs2)nc(C)c1C. The van der Waals surface area contributed by atoms with Crippen LogP contribution in [-0.4, -0.2) is 27.2 Å². The molecule has 0 saturated carbocycles. The molecule has 6 nitrogen and oxygen atoms in total. The van der Waals surface area contributed by atoms with Crippen LogP contribution in [0.15, 0.2) is 22.7 Å². The van der Waals surface area contributed by atoms with E-state index in [0.717, 1.165) is 40.8 Å². The molecule has 2 aromatic heterocycles. The third kappa shape index (κ3) is 5.89. The Kier molecular flexibility index (Phi) is 7.52. The summed E-state index contributed by atoms with van der Waals surface area (Å²) in [5, 5.41) is 7.81. The van der Waals surface area contributed by atoms with Gasteiger partial charge in [0.1, 0.15) is 0 Å². The maximum absolute atomic E-state index is 12.0. The maximum atomic E-state index is 12.0. The van der Waals surface area contributed by atoms with Crippen molar-refractivity contribution in [2.24, 2.45) is 0 Å². The number of hydrogen-bond acceptors (Lipinski definition) is 5. The number of nitrogens with one attached hydrogen (secondary N) is 2. The van der Waals surface area contributed by atoms with Crippen LogP contribution in [-0.2, 0) is 17.9 Å². The van der Waals surface area contributed by atoms with Crippen LogP contribution in [0.1, 0.15) is 36.0 Å². The molecule has 0 aliphatic carbocycles. The Balaban J connectivity index is 1.81. The van der Waals surface area contributed by atoms with Gasteiger partial charge in [0.2, 0.25) is 5.91 Å². The van der Waals surface area contributed by atoms with E-state index in [9.17, 15) is 9.59 Å². The Morgan fingerprint density at radius 3 is 2.84 bits per heavy atom. The molecule has 0 saturated heterocycles. The fourth-order valence-electron chi connectivity index (χ4n) is 2.23. The standard InChI is InChI=1S/C17H24N4O2S2/c1-4-5-8-21-13(3)12(2)19-17(21)25-11-15(22)20-16(23)18-10-14-7-6-9-24-14/h6-7,9H,4-5,8,10-11H2,1-3H3,(H2,18,20,22,23). The molecule has 0 radical (unpaired) electrons. The summed E-state index contributed by atoms with van der Waals surface area (Å²) in [6.45, 7) is 7.48. The van der Waals surface area contributed by atoms with Crippen molar-refractivity contribution in [3.8, 4) is 0 Å². The minimum atomic E-state index is -0.472. The number of amides is 3. The van der Waals surface area contributed by atoms with Gasteiger partial charge in [-0.1, -0.05) is 31.2 Å². The summed E-state index contributed by atoms with van der Waals surface area (Å²) in [7, 11) is 0. The highest BCUT2D eigenvalue weighted by atomic mass is 32.2. The molecule has 8 heteroatoms. The van der Waals surface area contributed by atoms with Gasteiger partial charge in [-0.15, -0.1) is 11.3 Å². The quantitative estimate of drug-likeness (QED) is 0.688. The van der Waals surface area contributed by atoms with Crippen molar-refractivity contribution in [3.63, 3.8) is 0 Å². The molecule has 2 aromatic rings. The summed E-state index contributed by atoms with van der Waals surface area (Å²) < 4.78 is 2.15. The largest absolute Gasteiger partial charge is 0.333 e. The normalized spacial score (nSPS) is 10.7. The summed E-state index contributed by atoms with van der Waals surface area (Å²) in [5.41, 5.74) is 2.11. The molecule has 2 heterocycles. The van der Waals surface area contributed by atoms with E-state index >= 15 is 0 Å². The van der Waals surface area contributed by atoms with E-state index in [1.807, 2.05) is 31.4 Å². The van der Waals surface area contributed by atoms with E-state index in [-0.39, 0.29) is 11.7 Å². The topological polar surface area (TPSA) is 76.0 Å². The van der Waals surface area contributed by atoms with Gasteiger partial charge in [-0.2, -0.15) is 0 Å². The Morgan fingerprint density at radius 2 is 2.16 bits per heavy atom. The number of nitrogens with zero attached hydrogens (tertiary/aromatic N) is 2. The number of urea groups is 1. The molecule has 0 atom stereocenters. The Bertz CT molecular complexity index is 711. The number of aryl methyl sites for hydroxylation is 1. The van der Waals surface area contributed by atoms with Gasteiger partial charge >= 0.3 is 6.03 Å². The van der Waals surface area contributed by atoms with Crippen LogP contribution in [0.25, 0.3) is 0 Å². The first-order chi connectivity index (χ1) is 12.0. The zero-order valence-corrected chi connectivity index (χ0v) is 16.4. The molecule has 3 amide bonds. The summed E-state index contributed by atoms with van der Waals surface area (Å²) in [5.74, 6) is -0.164. The summed E-state index contributed by atoms with van der Waals surface area (Å²) in [6.07, 6.45) is 2.17. The van der Waals surface area contributed by atoms with E-state index in [0.29, 0.717) is 6.54 Å². The van der Waals surface area contributed by atoms with Crippen LogP contribution in [0.5, 0.6) is 0 Å². The number of thiophene rings is 1. The van der Waals surface area contributed by atoms with Gasteiger partial charge in [0.05, 0.1) is 18.0 Å². The van der Waals surface area contributed by atoms with Crippen LogP contribution in [0.4, 0.5) is 4.79 Å². The molecule has 0 spiro atoms. The Hall–Kier alpha value is -1.80. The molecule has 0 aliphatic heterocycles. The molecular weight excluding hydrogens is 356 g/mol. The summed E-state index contributed by atoms with van der Waals surface area (Å²) >= 11 is 2.92. The Labute approximate surface area is 156 Å². The second-order valence-electron chi connectivity index (χ2n) is 5.67. The van der Waals surface area contributed by atoms with Crippen LogP contribution >= 0.6 is 23.1 Å². The first kappa shape index (κ1) is 19.5. The van der Waals surface area contributed by atoms with Crippen LogP contribution < -0.4 is 10.6 Å². The lowest BCUT2D eigenvalue weighted by Gasteiger charge is -2.09. The minimum Gasteiger partial charge on any atom is -0.333 e. The summed E-state index contributed by atoms with van der Waals surface area (Å²) in [4.78, 5) is 29.3. The second kappa shape index (κ2) is 9.62. The highest BCUT2D eigenvalue weighted by Crippen LogP contribution is 2.21. The van der Waals surface area contributed by atoms with Gasteiger partial charge in [0.25, 0.3) is 0 Å². The molecule has 2 rings (SSSR count). The number of carbonyl (C=O) groups is 2. The second-order valence-corrected chi connectivity index (χ2v) is 7.64. The van der Waals surface area contributed by atoms with Gasteiger partial charge in [0.15, 0.2) is 5.16 Å². The van der Waals surface area contributed by atoms with Crippen LogP contribution in [0, 0.1) is 13.8 Å². The molecule has 0 aromatic carbocycles. The number of imidazole rings is 1. The van der Waals surface area contributed by atoms with Crippen LogP contribution in [0.3, 0.4) is 0 Å². The van der Waals surface area contributed by atoms with Gasteiger partial charge in [-0.05, 0) is 31.7 Å². The molecule has 0 unspecified atom stereocenters. The lowest BCUT2D eigenvalue weighted by molar-refractivity contribution is -0.117. The lowest BCUT2D eigenvalue weighted by Crippen LogP contribution is -2.39. The Morgan fingerprint density at radius 1 is 1.36 bits per heavy atom. The molecule has 0 bridgehead atoms. The minimum absolute atomic E-state index is 0.161. The zero-order chi connectivity index (χ0) is 18.2. The molecule has 25 heavy (non-hydrogen) atoms. The highest BCUT2D eigenvalue weighted by molar-refractivity contribution is 7.99. The molecular formula is C17H24N4O2S2. The molecule has 0 fully saturated rings. The van der Waals surface area contributed by atoms with E-state index in [1.54, 1.807) is 11.3 Å². The van der Waals surface area contributed by atoms with Gasteiger partial charge in [0, 0.05) is 17.1 Å². The summed E-state index contributed by atoms with van der Waals surface area (Å²) in [6, 6.07) is 3.38. The van der Waals surface area contributed by atoms with Crippen molar-refractivity contribution in [3.05, 3.63) is 33.8 Å². The molecule has 136 valence electrons. The number of carbonyl (C=O) groups excluding carboxylic acids is 2. The first-order valence-electron chi connectivity index (χ1n) is 8.27. The third-order valence-corrected chi connectivity index (χ3v) is 5.60. The molecule has 2 N–H and O–H groups in total. The van der Waals surface area contributed by atoms with Crippen molar-refractivity contribution >= 4 is 35.0 Å². The predicted molar refractivity (Wildman–Crippen MR) is 102 cm³/mol. The van der Waals surface area contributed by atoms with Crippen molar-refractivity contribution in [2.75, 3.05) is 5.75 Å². The van der Waals surface area contributed by atoms with Crippen molar-refractivity contribution in [1.29, 1.82) is 0 Å². The monoisotopic (exact) mass is 380 g/mol.